The lowest BCUT2D eigenvalue weighted by molar-refractivity contribution is -0.138. The molecule has 0 fully saturated rings. The summed E-state index contributed by atoms with van der Waals surface area (Å²) >= 11 is 3.21. The second-order valence-electron chi connectivity index (χ2n) is 7.91. The lowest BCUT2D eigenvalue weighted by Gasteiger charge is -2.28. The smallest absolute Gasteiger partial charge is 0.319 e. The molecule has 0 aromatic heterocycles. The van der Waals surface area contributed by atoms with Crippen LogP contribution in [0.2, 0.25) is 0 Å². The molecule has 0 radical (unpaired) electrons. The molecule has 0 bridgehead atoms. The van der Waals surface area contributed by atoms with Crippen LogP contribution in [0, 0.1) is 11.7 Å². The summed E-state index contributed by atoms with van der Waals surface area (Å²) in [6, 6.07) is 10.8. The number of anilines is 2. The summed E-state index contributed by atoms with van der Waals surface area (Å²) in [4.78, 5) is 14.9. The Morgan fingerprint density at radius 1 is 1.33 bits per heavy atom. The van der Waals surface area contributed by atoms with Gasteiger partial charge in [0.25, 0.3) is 0 Å². The Bertz CT molecular complexity index is 902. The van der Waals surface area contributed by atoms with Crippen LogP contribution in [0.5, 0.6) is 5.75 Å². The van der Waals surface area contributed by atoms with Crippen molar-refractivity contribution < 1.29 is 19.0 Å². The second kappa shape index (κ2) is 9.52. The van der Waals surface area contributed by atoms with E-state index in [0.29, 0.717) is 11.7 Å². The topological polar surface area (TPSA) is 49.8 Å². The van der Waals surface area contributed by atoms with Gasteiger partial charge in [-0.1, -0.05) is 13.3 Å². The van der Waals surface area contributed by atoms with Crippen molar-refractivity contribution in [2.24, 2.45) is 5.92 Å². The number of hydrogen-bond acceptors (Lipinski definition) is 5. The normalized spacial score (nSPS) is 16.7. The zero-order valence-electron chi connectivity index (χ0n) is 17.8. The van der Waals surface area contributed by atoms with Gasteiger partial charge in [-0.15, -0.1) is 23.5 Å². The molecule has 1 atom stereocenters. The van der Waals surface area contributed by atoms with Crippen LogP contribution in [-0.2, 0) is 10.5 Å². The number of fused-ring (bicyclic) bond motifs is 1. The van der Waals surface area contributed by atoms with Crippen LogP contribution in [0.3, 0.4) is 0 Å². The number of benzene rings is 2. The Kier molecular flexibility index (Phi) is 7.24. The Morgan fingerprint density at radius 3 is 2.63 bits per heavy atom. The predicted octanol–water partition coefficient (Wildman–Crippen LogP) is 6.20. The minimum Gasteiger partial charge on any atom is -0.496 e. The summed E-state index contributed by atoms with van der Waals surface area (Å²) in [6.07, 6.45) is 1.06. The molecular weight excluding hydrogens is 421 g/mol. The molecule has 7 heteroatoms. The molecule has 3 rings (SSSR count). The van der Waals surface area contributed by atoms with Crippen molar-refractivity contribution in [2.45, 2.75) is 42.6 Å². The number of ether oxygens (including phenoxy) is 1. The van der Waals surface area contributed by atoms with Crippen molar-refractivity contribution in [3.63, 3.8) is 0 Å². The number of aliphatic carboxylic acids is 1. The third-order valence-electron chi connectivity index (χ3n) is 5.39. The number of halogens is 1. The summed E-state index contributed by atoms with van der Waals surface area (Å²) in [5.74, 6) is 1.71. The molecular formula is C23H28FNO3S2. The maximum atomic E-state index is 13.5. The van der Waals surface area contributed by atoms with E-state index in [-0.39, 0.29) is 5.82 Å². The van der Waals surface area contributed by atoms with Crippen LogP contribution in [0.15, 0.2) is 41.3 Å². The minimum atomic E-state index is -0.877. The second-order valence-corrected chi connectivity index (χ2v) is 10.6. The molecule has 2 aromatic carbocycles. The molecule has 0 saturated heterocycles. The minimum absolute atomic E-state index is 0.249. The van der Waals surface area contributed by atoms with Gasteiger partial charge in [0, 0.05) is 40.3 Å². The first-order valence-electron chi connectivity index (χ1n) is 9.99. The van der Waals surface area contributed by atoms with Gasteiger partial charge >= 0.3 is 5.97 Å². The summed E-state index contributed by atoms with van der Waals surface area (Å²) in [5, 5.41) is 9.42. The third kappa shape index (κ3) is 5.06. The van der Waals surface area contributed by atoms with E-state index in [1.165, 1.54) is 23.9 Å². The lowest BCUT2D eigenvalue weighted by Crippen LogP contribution is -2.27. The Hall–Kier alpha value is -1.86. The molecule has 1 unspecified atom stereocenters. The molecule has 2 aromatic rings. The molecule has 1 aliphatic rings. The van der Waals surface area contributed by atoms with Crippen LogP contribution in [0.1, 0.15) is 32.8 Å². The number of carbonyl (C=O) groups is 1. The summed E-state index contributed by atoms with van der Waals surface area (Å²) < 4.78 is 18.3. The monoisotopic (exact) mass is 449 g/mol. The van der Waals surface area contributed by atoms with E-state index < -0.39 is 10.7 Å². The number of nitrogens with zero attached hydrogens (tertiary/aromatic N) is 1. The van der Waals surface area contributed by atoms with Crippen molar-refractivity contribution >= 4 is 40.9 Å². The zero-order valence-corrected chi connectivity index (χ0v) is 19.4. The quantitative estimate of drug-likeness (QED) is 0.543. The number of carboxylic acid groups (broad SMARTS) is 1. The number of rotatable bonds is 7. The van der Waals surface area contributed by atoms with Crippen molar-refractivity contribution in [3.05, 3.63) is 47.8 Å². The highest BCUT2D eigenvalue weighted by Crippen LogP contribution is 2.44. The predicted molar refractivity (Wildman–Crippen MR) is 124 cm³/mol. The van der Waals surface area contributed by atoms with Crippen LogP contribution in [-0.4, -0.2) is 35.2 Å². The maximum Gasteiger partial charge on any atom is 0.319 e. The van der Waals surface area contributed by atoms with E-state index in [9.17, 15) is 14.3 Å². The van der Waals surface area contributed by atoms with E-state index in [4.69, 9.17) is 4.74 Å². The van der Waals surface area contributed by atoms with Gasteiger partial charge in [-0.25, -0.2) is 4.39 Å². The molecule has 0 spiro atoms. The van der Waals surface area contributed by atoms with Gasteiger partial charge < -0.3 is 14.7 Å². The first-order chi connectivity index (χ1) is 14.2. The SMILES string of the molecule is CCC1CSc2cc(CSC(C)(C)C(=O)O)c(OC)cc2N(c2ccc(F)cc2)C1. The van der Waals surface area contributed by atoms with Gasteiger partial charge in [-0.3, -0.25) is 4.79 Å². The Labute approximate surface area is 186 Å². The number of thioether (sulfide) groups is 2. The summed E-state index contributed by atoms with van der Waals surface area (Å²) in [7, 11) is 1.64. The average molecular weight is 450 g/mol. The average Bonchev–Trinajstić information content (AvgIpc) is 2.91. The van der Waals surface area contributed by atoms with Crippen LogP contribution < -0.4 is 9.64 Å². The summed E-state index contributed by atoms with van der Waals surface area (Å²) in [5.41, 5.74) is 2.98. The molecule has 1 N–H and O–H groups in total. The van der Waals surface area contributed by atoms with Crippen LogP contribution in [0.4, 0.5) is 15.8 Å². The fourth-order valence-corrected chi connectivity index (χ4v) is 5.43. The highest BCUT2D eigenvalue weighted by Gasteiger charge is 2.29. The fraction of sp³-hybridized carbons (Fsp3) is 0.435. The molecule has 1 aliphatic heterocycles. The van der Waals surface area contributed by atoms with Gasteiger partial charge in [-0.2, -0.15) is 0 Å². The molecule has 4 nitrogen and oxygen atoms in total. The molecule has 0 saturated carbocycles. The summed E-state index contributed by atoms with van der Waals surface area (Å²) in [6.45, 7) is 6.48. The first kappa shape index (κ1) is 22.8. The van der Waals surface area contributed by atoms with E-state index in [1.54, 1.807) is 21.0 Å². The Morgan fingerprint density at radius 2 is 2.03 bits per heavy atom. The Balaban J connectivity index is 2.00. The van der Waals surface area contributed by atoms with E-state index in [1.807, 2.05) is 30.0 Å². The molecule has 0 aliphatic carbocycles. The van der Waals surface area contributed by atoms with Gasteiger partial charge in [-0.05, 0) is 50.1 Å². The van der Waals surface area contributed by atoms with Crippen molar-refractivity contribution in [1.82, 2.24) is 0 Å². The maximum absolute atomic E-state index is 13.5. The van der Waals surface area contributed by atoms with Crippen molar-refractivity contribution in [2.75, 3.05) is 24.3 Å². The molecule has 30 heavy (non-hydrogen) atoms. The van der Waals surface area contributed by atoms with E-state index in [0.717, 1.165) is 46.3 Å². The van der Waals surface area contributed by atoms with Gasteiger partial charge in [0.05, 0.1) is 12.8 Å². The zero-order chi connectivity index (χ0) is 21.9. The number of hydrogen-bond donors (Lipinski definition) is 1. The first-order valence-corrected chi connectivity index (χ1v) is 12.0. The molecule has 0 amide bonds. The van der Waals surface area contributed by atoms with E-state index in [2.05, 4.69) is 17.9 Å². The molecule has 162 valence electrons. The standard InChI is InChI=1S/C23H28FNO3S2/c1-5-15-12-25(18-8-6-17(24)7-9-18)19-11-20(28-4)16(10-21(19)29-13-15)14-30-23(2,3)22(26)27/h6-11,15H,5,12-14H2,1-4H3,(H,26,27). The lowest BCUT2D eigenvalue weighted by atomic mass is 10.1. The molecule has 1 heterocycles. The number of methoxy groups -OCH3 is 1. The van der Waals surface area contributed by atoms with Gasteiger partial charge in [0.2, 0.25) is 0 Å². The van der Waals surface area contributed by atoms with Gasteiger partial charge in [0.1, 0.15) is 16.3 Å². The highest BCUT2D eigenvalue weighted by atomic mass is 32.2. The third-order valence-corrected chi connectivity index (χ3v) is 8.02. The van der Waals surface area contributed by atoms with E-state index >= 15 is 0 Å². The largest absolute Gasteiger partial charge is 0.496 e. The van der Waals surface area contributed by atoms with Gasteiger partial charge in [0.15, 0.2) is 0 Å². The van der Waals surface area contributed by atoms with Crippen molar-refractivity contribution in [1.29, 1.82) is 0 Å². The van der Waals surface area contributed by atoms with Crippen LogP contribution in [0.25, 0.3) is 0 Å². The van der Waals surface area contributed by atoms with Crippen LogP contribution >= 0.6 is 23.5 Å². The highest BCUT2D eigenvalue weighted by molar-refractivity contribution is 8.00. The fourth-order valence-electron chi connectivity index (χ4n) is 3.27. The number of carboxylic acids is 1. The van der Waals surface area contributed by atoms with Crippen molar-refractivity contribution in [3.8, 4) is 5.75 Å².